The number of methoxy groups -OCH3 is 2. The average Bonchev–Trinajstić information content (AvgIpc) is 2.27. The molecule has 88 valence electrons. The largest absolute Gasteiger partial charge is 0.493 e. The second kappa shape index (κ2) is 5.18. The van der Waals surface area contributed by atoms with Gasteiger partial charge in [-0.3, -0.25) is 4.79 Å². The molecule has 0 aliphatic carbocycles. The van der Waals surface area contributed by atoms with Crippen molar-refractivity contribution in [2.75, 3.05) is 14.2 Å². The molecule has 16 heavy (non-hydrogen) atoms. The van der Waals surface area contributed by atoms with E-state index in [0.29, 0.717) is 21.5 Å². The molecule has 0 heterocycles. The monoisotopic (exact) mass is 289 g/mol. The Morgan fingerprint density at radius 3 is 2.31 bits per heavy atom. The van der Waals surface area contributed by atoms with Crippen LogP contribution >= 0.6 is 15.9 Å². The summed E-state index contributed by atoms with van der Waals surface area (Å²) in [6.07, 6.45) is 0. The second-order valence-electron chi connectivity index (χ2n) is 3.04. The van der Waals surface area contributed by atoms with Crippen molar-refractivity contribution in [1.82, 2.24) is 0 Å². The third-order valence-corrected chi connectivity index (χ3v) is 2.79. The van der Waals surface area contributed by atoms with Gasteiger partial charge in [0.15, 0.2) is 11.5 Å². The SMILES string of the molecule is COc1cc(Br)c(C(N)C(=O)O)cc1OC. The van der Waals surface area contributed by atoms with Crippen LogP contribution < -0.4 is 15.2 Å². The van der Waals surface area contributed by atoms with E-state index in [2.05, 4.69) is 15.9 Å². The summed E-state index contributed by atoms with van der Waals surface area (Å²) in [5.74, 6) is -0.152. The lowest BCUT2D eigenvalue weighted by atomic mass is 10.1. The van der Waals surface area contributed by atoms with Gasteiger partial charge in [0.05, 0.1) is 14.2 Å². The fraction of sp³-hybridized carbons (Fsp3) is 0.300. The predicted octanol–water partition coefficient (Wildman–Crippen LogP) is 1.55. The number of rotatable bonds is 4. The van der Waals surface area contributed by atoms with Gasteiger partial charge in [-0.2, -0.15) is 0 Å². The number of benzene rings is 1. The zero-order valence-electron chi connectivity index (χ0n) is 8.86. The first-order valence-electron chi connectivity index (χ1n) is 4.41. The number of ether oxygens (including phenoxy) is 2. The molecule has 1 aromatic carbocycles. The number of hydrogen-bond acceptors (Lipinski definition) is 4. The van der Waals surface area contributed by atoms with Crippen LogP contribution in [0.5, 0.6) is 11.5 Å². The third-order valence-electron chi connectivity index (χ3n) is 2.10. The molecule has 0 aromatic heterocycles. The van der Waals surface area contributed by atoms with Crippen LogP contribution in [0.25, 0.3) is 0 Å². The van der Waals surface area contributed by atoms with Gasteiger partial charge in [-0.05, 0) is 17.7 Å². The molecule has 1 aromatic rings. The molecule has 0 aliphatic rings. The van der Waals surface area contributed by atoms with Crippen molar-refractivity contribution in [2.45, 2.75) is 6.04 Å². The van der Waals surface area contributed by atoms with E-state index < -0.39 is 12.0 Å². The molecule has 6 heteroatoms. The van der Waals surface area contributed by atoms with Gasteiger partial charge in [0, 0.05) is 4.47 Å². The summed E-state index contributed by atoms with van der Waals surface area (Å²) in [5, 5.41) is 8.83. The zero-order chi connectivity index (χ0) is 12.3. The van der Waals surface area contributed by atoms with Crippen molar-refractivity contribution in [1.29, 1.82) is 0 Å². The Morgan fingerprint density at radius 1 is 1.38 bits per heavy atom. The van der Waals surface area contributed by atoms with Gasteiger partial charge in [-0.1, -0.05) is 15.9 Å². The Morgan fingerprint density at radius 2 is 1.88 bits per heavy atom. The van der Waals surface area contributed by atoms with E-state index in [1.54, 1.807) is 12.1 Å². The Labute approximate surface area is 101 Å². The molecule has 5 nitrogen and oxygen atoms in total. The number of hydrogen-bond donors (Lipinski definition) is 2. The van der Waals surface area contributed by atoms with Crippen molar-refractivity contribution >= 4 is 21.9 Å². The molecule has 0 aliphatic heterocycles. The van der Waals surface area contributed by atoms with Crippen molar-refractivity contribution in [2.24, 2.45) is 5.73 Å². The van der Waals surface area contributed by atoms with Crippen molar-refractivity contribution in [3.63, 3.8) is 0 Å². The van der Waals surface area contributed by atoms with Crippen LogP contribution in [0.1, 0.15) is 11.6 Å². The third kappa shape index (κ3) is 2.45. The molecule has 0 radical (unpaired) electrons. The molecular formula is C10H12BrNO4. The van der Waals surface area contributed by atoms with Gasteiger partial charge in [-0.25, -0.2) is 0 Å². The molecule has 0 spiro atoms. The molecule has 0 saturated carbocycles. The number of carbonyl (C=O) groups is 1. The van der Waals surface area contributed by atoms with E-state index in [4.69, 9.17) is 20.3 Å². The molecule has 0 saturated heterocycles. The normalized spacial score (nSPS) is 12.0. The highest BCUT2D eigenvalue weighted by molar-refractivity contribution is 9.10. The molecule has 1 rings (SSSR count). The van der Waals surface area contributed by atoms with E-state index in [0.717, 1.165) is 0 Å². The first-order valence-corrected chi connectivity index (χ1v) is 5.20. The average molecular weight is 290 g/mol. The predicted molar refractivity (Wildman–Crippen MR) is 61.8 cm³/mol. The molecular weight excluding hydrogens is 278 g/mol. The number of carboxylic acid groups (broad SMARTS) is 1. The first-order chi connectivity index (χ1) is 7.51. The lowest BCUT2D eigenvalue weighted by molar-refractivity contribution is -0.138. The highest BCUT2D eigenvalue weighted by atomic mass is 79.9. The van der Waals surface area contributed by atoms with Gasteiger partial charge in [0.25, 0.3) is 0 Å². The van der Waals surface area contributed by atoms with E-state index in [1.807, 2.05) is 0 Å². The summed E-state index contributed by atoms with van der Waals surface area (Å²) in [7, 11) is 2.98. The van der Waals surface area contributed by atoms with Gasteiger partial charge in [0.1, 0.15) is 6.04 Å². The maximum Gasteiger partial charge on any atom is 0.325 e. The van der Waals surface area contributed by atoms with Crippen LogP contribution in [-0.4, -0.2) is 25.3 Å². The van der Waals surface area contributed by atoms with Crippen LogP contribution in [0.15, 0.2) is 16.6 Å². The number of nitrogens with two attached hydrogens (primary N) is 1. The number of halogens is 1. The van der Waals surface area contributed by atoms with Crippen LogP contribution in [-0.2, 0) is 4.79 Å². The lowest BCUT2D eigenvalue weighted by Crippen LogP contribution is -2.21. The summed E-state index contributed by atoms with van der Waals surface area (Å²) >= 11 is 3.24. The smallest absolute Gasteiger partial charge is 0.325 e. The highest BCUT2D eigenvalue weighted by Gasteiger charge is 2.20. The van der Waals surface area contributed by atoms with Crippen molar-refractivity contribution < 1.29 is 19.4 Å². The summed E-state index contributed by atoms with van der Waals surface area (Å²) in [4.78, 5) is 10.8. The van der Waals surface area contributed by atoms with Gasteiger partial charge >= 0.3 is 5.97 Å². The Balaban J connectivity index is 3.26. The van der Waals surface area contributed by atoms with E-state index in [9.17, 15) is 4.79 Å². The summed E-state index contributed by atoms with van der Waals surface area (Å²) < 4.78 is 10.7. The van der Waals surface area contributed by atoms with Crippen LogP contribution in [0.3, 0.4) is 0 Å². The quantitative estimate of drug-likeness (QED) is 0.879. The minimum atomic E-state index is -1.10. The number of carboxylic acids is 1. The molecule has 0 bridgehead atoms. The molecule has 1 unspecified atom stereocenters. The minimum Gasteiger partial charge on any atom is -0.493 e. The zero-order valence-corrected chi connectivity index (χ0v) is 10.4. The first kappa shape index (κ1) is 12.8. The standard InChI is InChI=1S/C10H12BrNO4/c1-15-7-3-5(9(12)10(13)14)6(11)4-8(7)16-2/h3-4,9H,12H2,1-2H3,(H,13,14). The van der Waals surface area contributed by atoms with Gasteiger partial charge < -0.3 is 20.3 Å². The van der Waals surface area contributed by atoms with Crippen LogP contribution in [0.4, 0.5) is 0 Å². The Bertz CT molecular complexity index is 408. The van der Waals surface area contributed by atoms with Crippen molar-refractivity contribution in [3.05, 3.63) is 22.2 Å². The fourth-order valence-electron chi connectivity index (χ4n) is 1.24. The van der Waals surface area contributed by atoms with Crippen molar-refractivity contribution in [3.8, 4) is 11.5 Å². The summed E-state index contributed by atoms with van der Waals surface area (Å²) in [5.41, 5.74) is 5.96. The van der Waals surface area contributed by atoms with E-state index >= 15 is 0 Å². The Kier molecular flexibility index (Phi) is 4.14. The second-order valence-corrected chi connectivity index (χ2v) is 3.90. The molecule has 1 atom stereocenters. The van der Waals surface area contributed by atoms with Crippen LogP contribution in [0, 0.1) is 0 Å². The van der Waals surface area contributed by atoms with E-state index in [-0.39, 0.29) is 0 Å². The molecule has 0 amide bonds. The molecule has 3 N–H and O–H groups in total. The maximum atomic E-state index is 10.8. The summed E-state index contributed by atoms with van der Waals surface area (Å²) in [6.45, 7) is 0. The minimum absolute atomic E-state index is 0.435. The fourth-order valence-corrected chi connectivity index (χ4v) is 1.81. The van der Waals surface area contributed by atoms with E-state index in [1.165, 1.54) is 14.2 Å². The molecule has 0 fully saturated rings. The van der Waals surface area contributed by atoms with Gasteiger partial charge in [0.2, 0.25) is 0 Å². The maximum absolute atomic E-state index is 10.8. The highest BCUT2D eigenvalue weighted by Crippen LogP contribution is 2.35. The van der Waals surface area contributed by atoms with Crippen LogP contribution in [0.2, 0.25) is 0 Å². The number of aliphatic carboxylic acids is 1. The Hall–Kier alpha value is -1.27. The summed E-state index contributed by atoms with van der Waals surface area (Å²) in [6, 6.07) is 2.06. The van der Waals surface area contributed by atoms with Gasteiger partial charge in [-0.15, -0.1) is 0 Å². The lowest BCUT2D eigenvalue weighted by Gasteiger charge is -2.14. The topological polar surface area (TPSA) is 81.8 Å².